The average molecular weight is 457 g/mol. The highest BCUT2D eigenvalue weighted by Gasteiger charge is 2.31. The molecular weight excluding hydrogens is 431 g/mol. The number of carbonyl (C=O) groups excluding carboxylic acids is 1. The number of unbranched alkanes of at least 4 members (excludes halogenated alkanes) is 1. The lowest BCUT2D eigenvalue weighted by Gasteiger charge is -2.25. The van der Waals surface area contributed by atoms with Crippen LogP contribution in [0.2, 0.25) is 0 Å². The van der Waals surface area contributed by atoms with Crippen LogP contribution in [-0.4, -0.2) is 26.6 Å². The van der Waals surface area contributed by atoms with Gasteiger partial charge in [0.15, 0.2) is 5.69 Å². The summed E-state index contributed by atoms with van der Waals surface area (Å²) in [6, 6.07) is 1.35. The van der Waals surface area contributed by atoms with Gasteiger partial charge in [-0.1, -0.05) is 27.2 Å². The zero-order valence-electron chi connectivity index (χ0n) is 18.0. The van der Waals surface area contributed by atoms with E-state index in [0.29, 0.717) is 29.7 Å². The van der Waals surface area contributed by atoms with Gasteiger partial charge in [0.25, 0.3) is 11.1 Å². The van der Waals surface area contributed by atoms with Gasteiger partial charge in [-0.05, 0) is 18.4 Å². The van der Waals surface area contributed by atoms with E-state index in [9.17, 15) is 32.3 Å². The summed E-state index contributed by atoms with van der Waals surface area (Å²) in [5.74, 6) is -1.04. The Hall–Kier alpha value is -3.31. The molecule has 0 fully saturated rings. The van der Waals surface area contributed by atoms with Crippen molar-refractivity contribution in [2.45, 2.75) is 52.9 Å². The molecule has 0 saturated carbocycles. The number of hydrogen-bond donors (Lipinski definition) is 2. The summed E-state index contributed by atoms with van der Waals surface area (Å²) >= 11 is 0. The molecule has 12 heteroatoms. The summed E-state index contributed by atoms with van der Waals surface area (Å²) in [4.78, 5) is 53.0. The Balaban J connectivity index is 2.54. The first-order valence-electron chi connectivity index (χ1n) is 10.1. The summed E-state index contributed by atoms with van der Waals surface area (Å²) in [6.07, 6.45) is -3.07. The van der Waals surface area contributed by atoms with Crippen molar-refractivity contribution in [2.75, 3.05) is 17.2 Å². The third-order valence-electron chi connectivity index (χ3n) is 4.68. The number of anilines is 2. The van der Waals surface area contributed by atoms with Crippen LogP contribution in [0.1, 0.15) is 39.2 Å². The number of rotatable bonds is 8. The predicted octanol–water partition coefficient (Wildman–Crippen LogP) is 1.79. The number of amides is 1. The zero-order valence-corrected chi connectivity index (χ0v) is 18.0. The summed E-state index contributed by atoms with van der Waals surface area (Å²) in [7, 11) is 0. The number of carbonyl (C=O) groups is 1. The van der Waals surface area contributed by atoms with Crippen LogP contribution in [-0.2, 0) is 24.1 Å². The Morgan fingerprint density at radius 3 is 2.44 bits per heavy atom. The third-order valence-corrected chi connectivity index (χ3v) is 4.68. The normalized spacial score (nSPS) is 11.7. The molecule has 2 aromatic rings. The summed E-state index contributed by atoms with van der Waals surface area (Å²) in [5.41, 5.74) is 2.27. The van der Waals surface area contributed by atoms with Crippen LogP contribution >= 0.6 is 0 Å². The van der Waals surface area contributed by atoms with E-state index in [1.807, 2.05) is 20.8 Å². The Morgan fingerprint density at radius 2 is 1.88 bits per heavy atom. The molecule has 2 aromatic heterocycles. The van der Waals surface area contributed by atoms with Gasteiger partial charge in [0, 0.05) is 25.4 Å². The smallest absolute Gasteiger partial charge is 0.383 e. The SMILES string of the molecule is CCCCN(C(=O)Cn1cc(C(F)(F)F)ccc1=O)c1c(N)n(CC(C)C)c(=O)[nH]c1=O. The van der Waals surface area contributed by atoms with Crippen LogP contribution in [0.4, 0.5) is 24.7 Å². The molecule has 0 bridgehead atoms. The van der Waals surface area contributed by atoms with Gasteiger partial charge in [0.05, 0.1) is 5.56 Å². The van der Waals surface area contributed by atoms with Gasteiger partial charge in [-0.25, -0.2) is 4.79 Å². The molecule has 2 heterocycles. The highest BCUT2D eigenvalue weighted by molar-refractivity contribution is 5.95. The molecule has 9 nitrogen and oxygen atoms in total. The molecule has 3 N–H and O–H groups in total. The number of aromatic amines is 1. The van der Waals surface area contributed by atoms with Gasteiger partial charge in [-0.15, -0.1) is 0 Å². The topological polar surface area (TPSA) is 123 Å². The fraction of sp³-hybridized carbons (Fsp3) is 0.500. The zero-order chi connectivity index (χ0) is 24.2. The van der Waals surface area contributed by atoms with Gasteiger partial charge in [0.1, 0.15) is 12.4 Å². The number of nitrogens with one attached hydrogen (secondary N) is 1. The third kappa shape index (κ3) is 5.68. The molecule has 2 rings (SSSR count). The second-order valence-corrected chi connectivity index (χ2v) is 7.78. The number of H-pyrrole nitrogens is 1. The van der Waals surface area contributed by atoms with E-state index in [2.05, 4.69) is 4.98 Å². The van der Waals surface area contributed by atoms with E-state index in [1.165, 1.54) is 0 Å². The molecule has 0 unspecified atom stereocenters. The van der Waals surface area contributed by atoms with Gasteiger partial charge < -0.3 is 15.2 Å². The van der Waals surface area contributed by atoms with E-state index < -0.39 is 41.0 Å². The van der Waals surface area contributed by atoms with Crippen molar-refractivity contribution in [1.82, 2.24) is 14.1 Å². The van der Waals surface area contributed by atoms with Crippen molar-refractivity contribution >= 4 is 17.4 Å². The monoisotopic (exact) mass is 457 g/mol. The lowest BCUT2D eigenvalue weighted by Crippen LogP contribution is -2.44. The standard InChI is InChI=1S/C20H26F3N5O4/c1-4-5-8-27(16-17(24)28(9-12(2)3)19(32)25-18(16)31)15(30)11-26-10-13(20(21,22)23)6-7-14(26)29/h6-7,10,12H,4-5,8-9,11,24H2,1-3H3,(H,25,31,32). The molecule has 0 aliphatic rings. The molecule has 0 radical (unpaired) electrons. The van der Waals surface area contributed by atoms with Crippen LogP contribution < -0.4 is 27.4 Å². The van der Waals surface area contributed by atoms with E-state index in [-0.39, 0.29) is 30.5 Å². The second kappa shape index (κ2) is 9.88. The number of hydrogen-bond acceptors (Lipinski definition) is 5. The number of halogens is 3. The molecule has 0 atom stereocenters. The van der Waals surface area contributed by atoms with Crippen molar-refractivity contribution < 1.29 is 18.0 Å². The molecular formula is C20H26F3N5O4. The van der Waals surface area contributed by atoms with Crippen LogP contribution in [0, 0.1) is 5.92 Å². The van der Waals surface area contributed by atoms with Crippen molar-refractivity contribution in [1.29, 1.82) is 0 Å². The van der Waals surface area contributed by atoms with Crippen molar-refractivity contribution in [3.8, 4) is 0 Å². The van der Waals surface area contributed by atoms with Gasteiger partial charge >= 0.3 is 11.9 Å². The van der Waals surface area contributed by atoms with Crippen molar-refractivity contribution in [3.63, 3.8) is 0 Å². The van der Waals surface area contributed by atoms with Crippen molar-refractivity contribution in [2.24, 2.45) is 5.92 Å². The van der Waals surface area contributed by atoms with Gasteiger partial charge in [0.2, 0.25) is 5.91 Å². The highest BCUT2D eigenvalue weighted by atomic mass is 19.4. The van der Waals surface area contributed by atoms with Crippen LogP contribution in [0.5, 0.6) is 0 Å². The molecule has 32 heavy (non-hydrogen) atoms. The number of nitrogen functional groups attached to an aromatic ring is 1. The molecule has 176 valence electrons. The fourth-order valence-corrected chi connectivity index (χ4v) is 3.12. The van der Waals surface area contributed by atoms with Gasteiger partial charge in [-0.2, -0.15) is 13.2 Å². The summed E-state index contributed by atoms with van der Waals surface area (Å²) < 4.78 is 40.8. The van der Waals surface area contributed by atoms with Crippen LogP contribution in [0.3, 0.4) is 0 Å². The summed E-state index contributed by atoms with van der Waals surface area (Å²) in [6.45, 7) is 4.96. The first-order valence-corrected chi connectivity index (χ1v) is 10.1. The second-order valence-electron chi connectivity index (χ2n) is 7.78. The van der Waals surface area contributed by atoms with Crippen LogP contribution in [0.25, 0.3) is 0 Å². The Kier molecular flexibility index (Phi) is 7.70. The maximum Gasteiger partial charge on any atom is 0.417 e. The lowest BCUT2D eigenvalue weighted by molar-refractivity contribution is -0.138. The Morgan fingerprint density at radius 1 is 1.22 bits per heavy atom. The van der Waals surface area contributed by atoms with Crippen LogP contribution in [0.15, 0.2) is 32.7 Å². The first kappa shape index (κ1) is 25.0. The quantitative estimate of drug-likeness (QED) is 0.626. The molecule has 0 saturated heterocycles. The average Bonchev–Trinajstić information content (AvgIpc) is 2.68. The fourth-order valence-electron chi connectivity index (χ4n) is 3.12. The minimum Gasteiger partial charge on any atom is -0.383 e. The molecule has 0 aliphatic heterocycles. The number of nitrogens with zero attached hydrogens (tertiary/aromatic N) is 3. The molecule has 0 spiro atoms. The number of alkyl halides is 3. The van der Waals surface area contributed by atoms with Gasteiger partial charge in [-0.3, -0.25) is 23.9 Å². The van der Waals surface area contributed by atoms with E-state index >= 15 is 0 Å². The van der Waals surface area contributed by atoms with E-state index in [0.717, 1.165) is 15.5 Å². The Labute approximate surface area is 181 Å². The largest absolute Gasteiger partial charge is 0.417 e. The number of nitrogens with two attached hydrogens (primary N) is 1. The molecule has 0 aromatic carbocycles. The maximum atomic E-state index is 13.0. The lowest BCUT2D eigenvalue weighted by atomic mass is 10.2. The van der Waals surface area contributed by atoms with E-state index in [4.69, 9.17) is 5.73 Å². The minimum absolute atomic E-state index is 0.00256. The molecule has 0 aliphatic carbocycles. The number of aromatic nitrogens is 3. The Bertz CT molecular complexity index is 1150. The molecule has 1 amide bonds. The first-order chi connectivity index (χ1) is 14.9. The summed E-state index contributed by atoms with van der Waals surface area (Å²) in [5, 5.41) is 0. The predicted molar refractivity (Wildman–Crippen MR) is 114 cm³/mol. The highest BCUT2D eigenvalue weighted by Crippen LogP contribution is 2.28. The minimum atomic E-state index is -4.70. The van der Waals surface area contributed by atoms with Crippen molar-refractivity contribution in [3.05, 3.63) is 55.1 Å². The number of pyridine rings is 1. The maximum absolute atomic E-state index is 13.0. The van der Waals surface area contributed by atoms with E-state index in [1.54, 1.807) is 0 Å².